The monoisotopic (exact) mass is 224 g/mol. The summed E-state index contributed by atoms with van der Waals surface area (Å²) in [6.45, 7) is 4.87. The van der Waals surface area contributed by atoms with Crippen LogP contribution in [0, 0.1) is 5.82 Å². The van der Waals surface area contributed by atoms with E-state index < -0.39 is 0 Å². The van der Waals surface area contributed by atoms with Crippen LogP contribution in [0.2, 0.25) is 0 Å². The van der Waals surface area contributed by atoms with Gasteiger partial charge in [0.2, 0.25) is 0 Å². The van der Waals surface area contributed by atoms with Crippen LogP contribution in [0.5, 0.6) is 0 Å². The smallest absolute Gasteiger partial charge is 0.146 e. The highest BCUT2D eigenvalue weighted by Gasteiger charge is 2.14. The number of benzene rings is 1. The van der Waals surface area contributed by atoms with Gasteiger partial charge in [0.1, 0.15) is 5.82 Å². The fourth-order valence-corrected chi connectivity index (χ4v) is 1.81. The van der Waals surface area contributed by atoms with Gasteiger partial charge in [-0.15, -0.1) is 0 Å². The van der Waals surface area contributed by atoms with E-state index in [1.165, 1.54) is 6.07 Å². The Balaban J connectivity index is 3.00. The molecular weight excluding hydrogens is 203 g/mol. The first kappa shape index (κ1) is 13.0. The third-order valence-corrected chi connectivity index (χ3v) is 2.74. The average Bonchev–Trinajstić information content (AvgIpc) is 2.25. The zero-order valence-corrected chi connectivity index (χ0v) is 10.3. The molecule has 0 unspecified atom stereocenters. The minimum atomic E-state index is -0.187. The molecule has 0 aliphatic carbocycles. The molecule has 0 bridgehead atoms. The van der Waals surface area contributed by atoms with Gasteiger partial charge in [-0.1, -0.05) is 25.5 Å². The van der Waals surface area contributed by atoms with E-state index in [9.17, 15) is 4.39 Å². The van der Waals surface area contributed by atoms with E-state index in [4.69, 9.17) is 5.73 Å². The molecule has 0 aromatic heterocycles. The number of nitrogens with two attached hydrogens (primary N) is 1. The Morgan fingerprint density at radius 3 is 2.69 bits per heavy atom. The normalized spacial score (nSPS) is 12.6. The predicted octanol–water partition coefficient (Wildman–Crippen LogP) is 3.08. The molecule has 16 heavy (non-hydrogen) atoms. The van der Waals surface area contributed by atoms with Gasteiger partial charge in [-0.2, -0.15) is 0 Å². The lowest BCUT2D eigenvalue weighted by atomic mass is 10.1. The number of hydrogen-bond donors (Lipinski definition) is 1. The fraction of sp³-hybridized carbons (Fsp3) is 0.538. The van der Waals surface area contributed by atoms with Crippen molar-refractivity contribution in [3.05, 3.63) is 29.6 Å². The number of unbranched alkanes of at least 4 members (excludes halogenated alkanes) is 1. The van der Waals surface area contributed by atoms with Gasteiger partial charge in [-0.05, 0) is 25.0 Å². The molecule has 0 spiro atoms. The quantitative estimate of drug-likeness (QED) is 0.832. The van der Waals surface area contributed by atoms with Gasteiger partial charge >= 0.3 is 0 Å². The summed E-state index contributed by atoms with van der Waals surface area (Å²) in [5, 5.41) is 0. The molecule has 0 radical (unpaired) electrons. The molecule has 1 atom stereocenters. The van der Waals surface area contributed by atoms with Crippen molar-refractivity contribution in [2.45, 2.75) is 32.7 Å². The van der Waals surface area contributed by atoms with E-state index in [0.717, 1.165) is 24.9 Å². The number of nitrogens with zero attached hydrogens (tertiary/aromatic N) is 1. The maximum atomic E-state index is 13.8. The molecule has 0 saturated carbocycles. The molecule has 0 saturated heterocycles. The van der Waals surface area contributed by atoms with Gasteiger partial charge in [-0.25, -0.2) is 4.39 Å². The Hall–Kier alpha value is -1.09. The Morgan fingerprint density at radius 1 is 1.44 bits per heavy atom. The Morgan fingerprint density at radius 2 is 2.12 bits per heavy atom. The van der Waals surface area contributed by atoms with Gasteiger partial charge in [0, 0.05) is 19.6 Å². The maximum absolute atomic E-state index is 13.8. The van der Waals surface area contributed by atoms with Crippen molar-refractivity contribution >= 4 is 5.69 Å². The molecule has 0 heterocycles. The Labute approximate surface area is 97.3 Å². The molecule has 0 fully saturated rings. The second-order valence-corrected chi connectivity index (χ2v) is 4.24. The average molecular weight is 224 g/mol. The van der Waals surface area contributed by atoms with Crippen molar-refractivity contribution in [3.63, 3.8) is 0 Å². The van der Waals surface area contributed by atoms with Crippen molar-refractivity contribution in [1.29, 1.82) is 0 Å². The first-order valence-corrected chi connectivity index (χ1v) is 5.83. The highest BCUT2D eigenvalue weighted by molar-refractivity contribution is 5.55. The lowest BCUT2D eigenvalue weighted by Gasteiger charge is -2.24. The van der Waals surface area contributed by atoms with Crippen molar-refractivity contribution in [1.82, 2.24) is 0 Å². The van der Waals surface area contributed by atoms with Gasteiger partial charge in [-0.3, -0.25) is 0 Å². The molecule has 90 valence electrons. The summed E-state index contributed by atoms with van der Waals surface area (Å²) in [5.41, 5.74) is 7.37. The summed E-state index contributed by atoms with van der Waals surface area (Å²) < 4.78 is 13.8. The van der Waals surface area contributed by atoms with Gasteiger partial charge in [0.15, 0.2) is 0 Å². The van der Waals surface area contributed by atoms with Crippen LogP contribution in [0.1, 0.15) is 38.3 Å². The predicted molar refractivity (Wildman–Crippen MR) is 67.2 cm³/mol. The number of anilines is 1. The summed E-state index contributed by atoms with van der Waals surface area (Å²) in [7, 11) is 1.92. The van der Waals surface area contributed by atoms with Crippen LogP contribution in [0.3, 0.4) is 0 Å². The van der Waals surface area contributed by atoms with Gasteiger partial charge in [0.05, 0.1) is 5.69 Å². The maximum Gasteiger partial charge on any atom is 0.146 e. The van der Waals surface area contributed by atoms with Crippen molar-refractivity contribution in [2.75, 3.05) is 18.5 Å². The molecule has 0 aliphatic rings. The van der Waals surface area contributed by atoms with Gasteiger partial charge < -0.3 is 10.6 Å². The summed E-state index contributed by atoms with van der Waals surface area (Å²) >= 11 is 0. The molecule has 1 rings (SSSR count). The molecule has 3 heteroatoms. The number of hydrogen-bond acceptors (Lipinski definition) is 2. The third-order valence-electron chi connectivity index (χ3n) is 2.74. The van der Waals surface area contributed by atoms with E-state index in [2.05, 4.69) is 6.92 Å². The van der Waals surface area contributed by atoms with Crippen LogP contribution in [0.4, 0.5) is 10.1 Å². The summed E-state index contributed by atoms with van der Waals surface area (Å²) in [6, 6.07) is 4.95. The lowest BCUT2D eigenvalue weighted by molar-refractivity contribution is 0.613. The molecule has 2 N–H and O–H groups in total. The van der Waals surface area contributed by atoms with E-state index in [1.807, 2.05) is 24.9 Å². The second-order valence-electron chi connectivity index (χ2n) is 4.24. The molecular formula is C13H21FN2. The second kappa shape index (κ2) is 5.85. The topological polar surface area (TPSA) is 29.3 Å². The highest BCUT2D eigenvalue weighted by atomic mass is 19.1. The van der Waals surface area contributed by atoms with Crippen molar-refractivity contribution in [2.24, 2.45) is 5.73 Å². The summed E-state index contributed by atoms with van der Waals surface area (Å²) in [5.74, 6) is -0.187. The van der Waals surface area contributed by atoms with Crippen LogP contribution in [0.25, 0.3) is 0 Å². The van der Waals surface area contributed by atoms with Crippen LogP contribution in [-0.2, 0) is 0 Å². The molecule has 1 aromatic carbocycles. The van der Waals surface area contributed by atoms with E-state index in [0.29, 0.717) is 5.69 Å². The lowest BCUT2D eigenvalue weighted by Crippen LogP contribution is -2.23. The van der Waals surface area contributed by atoms with Crippen molar-refractivity contribution < 1.29 is 4.39 Å². The first-order chi connectivity index (χ1) is 7.57. The largest absolute Gasteiger partial charge is 0.372 e. The van der Waals surface area contributed by atoms with Crippen LogP contribution in [-0.4, -0.2) is 13.6 Å². The third kappa shape index (κ3) is 2.95. The number of para-hydroxylation sites is 1. The Bertz CT molecular complexity index is 337. The minimum Gasteiger partial charge on any atom is -0.372 e. The van der Waals surface area contributed by atoms with Crippen LogP contribution in [0.15, 0.2) is 18.2 Å². The molecule has 1 aromatic rings. The fourth-order valence-electron chi connectivity index (χ4n) is 1.81. The first-order valence-electron chi connectivity index (χ1n) is 5.83. The van der Waals surface area contributed by atoms with E-state index in [-0.39, 0.29) is 11.9 Å². The molecule has 0 aliphatic heterocycles. The zero-order valence-electron chi connectivity index (χ0n) is 10.3. The van der Waals surface area contributed by atoms with Crippen LogP contribution < -0.4 is 10.6 Å². The number of halogens is 1. The zero-order chi connectivity index (χ0) is 12.1. The summed E-state index contributed by atoms with van der Waals surface area (Å²) in [6.07, 6.45) is 2.16. The van der Waals surface area contributed by atoms with Crippen LogP contribution >= 0.6 is 0 Å². The Kier molecular flexibility index (Phi) is 4.74. The van der Waals surface area contributed by atoms with Crippen molar-refractivity contribution in [3.8, 4) is 0 Å². The SMILES string of the molecule is CCCCN(C)c1c(F)cccc1[C@@H](C)N. The molecule has 2 nitrogen and oxygen atoms in total. The molecule has 0 amide bonds. The minimum absolute atomic E-state index is 0.144. The standard InChI is InChI=1S/C13H21FN2/c1-4-5-9-16(3)13-11(10(2)15)7-6-8-12(13)14/h6-8,10H,4-5,9,15H2,1-3H3/t10-/m1/s1. The summed E-state index contributed by atoms with van der Waals surface area (Å²) in [4.78, 5) is 1.96. The van der Waals surface area contributed by atoms with Gasteiger partial charge in [0.25, 0.3) is 0 Å². The highest BCUT2D eigenvalue weighted by Crippen LogP contribution is 2.27. The van der Waals surface area contributed by atoms with E-state index in [1.54, 1.807) is 6.07 Å². The van der Waals surface area contributed by atoms with E-state index >= 15 is 0 Å². The number of rotatable bonds is 5.